The van der Waals surface area contributed by atoms with Gasteiger partial charge in [0.1, 0.15) is 0 Å². The van der Waals surface area contributed by atoms with Crippen LogP contribution >= 0.6 is 24.0 Å². The van der Waals surface area contributed by atoms with Crippen LogP contribution in [0.2, 0.25) is 0 Å². The van der Waals surface area contributed by atoms with Crippen LogP contribution in [0.5, 0.6) is 0 Å². The molecule has 0 spiro atoms. The summed E-state index contributed by atoms with van der Waals surface area (Å²) in [5.74, 6) is 1.25. The van der Waals surface area contributed by atoms with Crippen molar-refractivity contribution in [3.8, 4) is 0 Å². The molecule has 0 saturated carbocycles. The first kappa shape index (κ1) is 24.9. The van der Waals surface area contributed by atoms with Gasteiger partial charge < -0.3 is 15.0 Å². The SMILES string of the molecule is CCNC(=NCC1CCN(S(C)(=O)=O)C1)N1CCC(OC(C)(C)C)CC1.I. The minimum Gasteiger partial charge on any atom is -0.372 e. The van der Waals surface area contributed by atoms with Crippen LogP contribution in [-0.4, -0.2) is 80.8 Å². The van der Waals surface area contributed by atoms with Crippen molar-refractivity contribution in [1.29, 1.82) is 0 Å². The highest BCUT2D eigenvalue weighted by atomic mass is 127. The van der Waals surface area contributed by atoms with E-state index >= 15 is 0 Å². The molecule has 0 bridgehead atoms. The molecule has 2 rings (SSSR count). The Kier molecular flexibility index (Phi) is 9.77. The van der Waals surface area contributed by atoms with Crippen LogP contribution in [0.25, 0.3) is 0 Å². The van der Waals surface area contributed by atoms with Crippen molar-refractivity contribution in [2.24, 2.45) is 10.9 Å². The Morgan fingerprint density at radius 1 is 1.19 bits per heavy atom. The van der Waals surface area contributed by atoms with E-state index < -0.39 is 10.0 Å². The number of ether oxygens (including phenoxy) is 1. The number of nitrogens with zero attached hydrogens (tertiary/aromatic N) is 3. The lowest BCUT2D eigenvalue weighted by Gasteiger charge is -2.37. The molecule has 7 nitrogen and oxygen atoms in total. The molecular formula is C18H37IN4O3S. The summed E-state index contributed by atoms with van der Waals surface area (Å²) in [5.41, 5.74) is -0.0978. The molecule has 9 heteroatoms. The van der Waals surface area contributed by atoms with Gasteiger partial charge in [-0.15, -0.1) is 24.0 Å². The molecule has 0 aromatic heterocycles. The Hall–Kier alpha value is -0.130. The zero-order valence-electron chi connectivity index (χ0n) is 17.4. The van der Waals surface area contributed by atoms with Crippen molar-refractivity contribution < 1.29 is 13.2 Å². The summed E-state index contributed by atoms with van der Waals surface area (Å²) in [5, 5.41) is 3.38. The molecule has 0 radical (unpaired) electrons. The van der Waals surface area contributed by atoms with E-state index in [9.17, 15) is 8.42 Å². The van der Waals surface area contributed by atoms with Gasteiger partial charge in [-0.3, -0.25) is 4.99 Å². The van der Waals surface area contributed by atoms with Gasteiger partial charge in [-0.25, -0.2) is 12.7 Å². The first-order valence-corrected chi connectivity index (χ1v) is 11.6. The zero-order valence-corrected chi connectivity index (χ0v) is 20.5. The number of piperidine rings is 1. The van der Waals surface area contributed by atoms with Crippen LogP contribution in [0.15, 0.2) is 4.99 Å². The molecule has 2 fully saturated rings. The average molecular weight is 516 g/mol. The molecule has 2 heterocycles. The molecule has 0 amide bonds. The Bertz CT molecular complexity index is 584. The van der Waals surface area contributed by atoms with Gasteiger partial charge in [-0.05, 0) is 52.9 Å². The van der Waals surface area contributed by atoms with Gasteiger partial charge in [0.15, 0.2) is 5.96 Å². The second-order valence-electron chi connectivity index (χ2n) is 8.39. The van der Waals surface area contributed by atoms with E-state index in [0.29, 0.717) is 31.7 Å². The molecule has 27 heavy (non-hydrogen) atoms. The monoisotopic (exact) mass is 516 g/mol. The van der Waals surface area contributed by atoms with Crippen molar-refractivity contribution in [2.75, 3.05) is 45.5 Å². The van der Waals surface area contributed by atoms with E-state index in [1.54, 1.807) is 4.31 Å². The van der Waals surface area contributed by atoms with Crippen LogP contribution in [0.3, 0.4) is 0 Å². The maximum Gasteiger partial charge on any atom is 0.211 e. The third kappa shape index (κ3) is 8.41. The normalized spacial score (nSPS) is 23.4. The molecule has 0 aliphatic carbocycles. The number of hydrogen-bond donors (Lipinski definition) is 1. The highest BCUT2D eigenvalue weighted by Crippen LogP contribution is 2.21. The summed E-state index contributed by atoms with van der Waals surface area (Å²) >= 11 is 0. The van der Waals surface area contributed by atoms with Gasteiger partial charge >= 0.3 is 0 Å². The molecule has 0 aromatic rings. The third-order valence-electron chi connectivity index (χ3n) is 4.81. The van der Waals surface area contributed by atoms with Crippen molar-refractivity contribution in [3.63, 3.8) is 0 Å². The maximum atomic E-state index is 11.7. The number of hydrogen-bond acceptors (Lipinski definition) is 4. The summed E-state index contributed by atoms with van der Waals surface area (Å²) < 4.78 is 31.0. The van der Waals surface area contributed by atoms with Crippen molar-refractivity contribution in [2.45, 2.75) is 58.7 Å². The fraction of sp³-hybridized carbons (Fsp3) is 0.944. The van der Waals surface area contributed by atoms with Gasteiger partial charge in [0, 0.05) is 39.3 Å². The summed E-state index contributed by atoms with van der Waals surface area (Å²) in [6, 6.07) is 0. The Morgan fingerprint density at radius 2 is 1.81 bits per heavy atom. The number of nitrogens with one attached hydrogen (secondary N) is 1. The quantitative estimate of drug-likeness (QED) is 0.345. The smallest absolute Gasteiger partial charge is 0.211 e. The summed E-state index contributed by atoms with van der Waals surface area (Å²) in [7, 11) is -3.08. The van der Waals surface area contributed by atoms with E-state index in [1.807, 2.05) is 0 Å². The molecule has 160 valence electrons. The van der Waals surface area contributed by atoms with E-state index in [0.717, 1.165) is 44.9 Å². The lowest BCUT2D eigenvalue weighted by Crippen LogP contribution is -2.48. The second-order valence-corrected chi connectivity index (χ2v) is 10.4. The molecule has 2 aliphatic heterocycles. The summed E-state index contributed by atoms with van der Waals surface area (Å²) in [4.78, 5) is 7.11. The highest BCUT2D eigenvalue weighted by Gasteiger charge is 2.29. The third-order valence-corrected chi connectivity index (χ3v) is 6.08. The van der Waals surface area contributed by atoms with Crippen LogP contribution in [0.4, 0.5) is 0 Å². The van der Waals surface area contributed by atoms with Crippen molar-refractivity contribution >= 4 is 40.0 Å². The fourth-order valence-electron chi connectivity index (χ4n) is 3.57. The Morgan fingerprint density at radius 3 is 2.30 bits per heavy atom. The van der Waals surface area contributed by atoms with E-state index in [-0.39, 0.29) is 29.6 Å². The van der Waals surface area contributed by atoms with Gasteiger partial charge in [0.25, 0.3) is 0 Å². The number of halogens is 1. The van der Waals surface area contributed by atoms with Crippen LogP contribution in [0, 0.1) is 5.92 Å². The van der Waals surface area contributed by atoms with E-state index in [2.05, 4.69) is 37.9 Å². The Labute approximate surface area is 182 Å². The molecule has 1 N–H and O–H groups in total. The molecule has 2 aliphatic rings. The largest absolute Gasteiger partial charge is 0.372 e. The van der Waals surface area contributed by atoms with Crippen molar-refractivity contribution in [1.82, 2.24) is 14.5 Å². The topological polar surface area (TPSA) is 74.2 Å². The predicted molar refractivity (Wildman–Crippen MR) is 121 cm³/mol. The van der Waals surface area contributed by atoms with Gasteiger partial charge in [0.2, 0.25) is 10.0 Å². The number of rotatable bonds is 5. The fourth-order valence-corrected chi connectivity index (χ4v) is 4.49. The van der Waals surface area contributed by atoms with Crippen molar-refractivity contribution in [3.05, 3.63) is 0 Å². The number of aliphatic imine (C=N–C) groups is 1. The lowest BCUT2D eigenvalue weighted by atomic mass is 10.1. The van der Waals surface area contributed by atoms with E-state index in [4.69, 9.17) is 9.73 Å². The second kappa shape index (κ2) is 10.6. The maximum absolute atomic E-state index is 11.7. The highest BCUT2D eigenvalue weighted by molar-refractivity contribution is 14.0. The molecule has 2 saturated heterocycles. The number of sulfonamides is 1. The lowest BCUT2D eigenvalue weighted by molar-refractivity contribution is -0.0772. The van der Waals surface area contributed by atoms with Gasteiger partial charge in [-0.1, -0.05) is 0 Å². The molecule has 1 atom stereocenters. The van der Waals surface area contributed by atoms with Crippen LogP contribution < -0.4 is 5.32 Å². The van der Waals surface area contributed by atoms with Gasteiger partial charge in [-0.2, -0.15) is 0 Å². The minimum atomic E-state index is -3.08. The van der Waals surface area contributed by atoms with Crippen LogP contribution in [0.1, 0.15) is 47.0 Å². The first-order chi connectivity index (χ1) is 12.1. The average Bonchev–Trinajstić information content (AvgIpc) is 3.00. The number of guanidine groups is 1. The minimum absolute atomic E-state index is 0. The Balaban J connectivity index is 0.00000364. The standard InChI is InChI=1S/C18H36N4O3S.HI/c1-6-19-17(20-13-15-7-12-22(14-15)26(5,23)24)21-10-8-16(9-11-21)25-18(2,3)4;/h15-16H,6-14H2,1-5H3,(H,19,20);1H. The summed E-state index contributed by atoms with van der Waals surface area (Å²) in [6.45, 7) is 13.0. The predicted octanol–water partition coefficient (Wildman–Crippen LogP) is 2.13. The first-order valence-electron chi connectivity index (χ1n) is 9.74. The van der Waals surface area contributed by atoms with Gasteiger partial charge in [0.05, 0.1) is 18.0 Å². The molecular weight excluding hydrogens is 479 g/mol. The summed E-state index contributed by atoms with van der Waals surface area (Å²) in [6.07, 6.45) is 4.50. The zero-order chi connectivity index (χ0) is 19.4. The molecule has 1 unspecified atom stereocenters. The number of likely N-dealkylation sites (tertiary alicyclic amines) is 1. The molecule has 0 aromatic carbocycles. The van der Waals surface area contributed by atoms with Crippen LogP contribution in [-0.2, 0) is 14.8 Å². The van der Waals surface area contributed by atoms with E-state index in [1.165, 1.54) is 6.26 Å².